The highest BCUT2D eigenvalue weighted by atomic mass is 16.5. The Bertz CT molecular complexity index is 505. The molecule has 1 heterocycles. The molecule has 5 heteroatoms. The van der Waals surface area contributed by atoms with Gasteiger partial charge in [0.25, 0.3) is 0 Å². The van der Waals surface area contributed by atoms with Gasteiger partial charge in [-0.15, -0.1) is 0 Å². The van der Waals surface area contributed by atoms with Gasteiger partial charge in [-0.2, -0.15) is 0 Å². The van der Waals surface area contributed by atoms with E-state index >= 15 is 0 Å². The van der Waals surface area contributed by atoms with Crippen molar-refractivity contribution in [3.05, 3.63) is 35.9 Å². The van der Waals surface area contributed by atoms with Gasteiger partial charge in [0, 0.05) is 6.54 Å². The molecule has 2 amide bonds. The second-order valence-corrected chi connectivity index (χ2v) is 7.05. The molecule has 1 aliphatic heterocycles. The molecule has 24 heavy (non-hydrogen) atoms. The molecule has 0 saturated carbocycles. The molecule has 1 aromatic carbocycles. The van der Waals surface area contributed by atoms with Crippen molar-refractivity contribution in [2.45, 2.75) is 51.8 Å². The number of carbonyl (C=O) groups excluding carboxylic acids is 1. The number of aliphatic hydroxyl groups excluding tert-OH is 1. The second kappa shape index (κ2) is 9.04. The van der Waals surface area contributed by atoms with Crippen LogP contribution >= 0.6 is 0 Å². The van der Waals surface area contributed by atoms with E-state index < -0.39 is 6.10 Å². The van der Waals surface area contributed by atoms with Crippen LogP contribution in [0, 0.1) is 5.92 Å². The van der Waals surface area contributed by atoms with Gasteiger partial charge in [0.1, 0.15) is 0 Å². The van der Waals surface area contributed by atoms with Crippen molar-refractivity contribution in [2.75, 3.05) is 19.8 Å². The standard InChI is InChI=1S/C19H30N2O3/c1-14(2)11-18(16-7-5-4-6-8-16)20-19(23)21-9-10-24-13-17(21)12-15(3)22/h4-8,14-15,17-18,22H,9-13H2,1-3H3,(H,20,23). The molecule has 0 bridgehead atoms. The fourth-order valence-corrected chi connectivity index (χ4v) is 3.18. The minimum absolute atomic E-state index is 0.00579. The first-order chi connectivity index (χ1) is 11.5. The number of aliphatic hydroxyl groups is 1. The van der Waals surface area contributed by atoms with E-state index in [-0.39, 0.29) is 18.1 Å². The van der Waals surface area contributed by atoms with Gasteiger partial charge in [0.2, 0.25) is 0 Å². The first-order valence-electron chi connectivity index (χ1n) is 8.85. The Hall–Kier alpha value is -1.59. The maximum atomic E-state index is 12.8. The maximum absolute atomic E-state index is 12.8. The van der Waals surface area contributed by atoms with Gasteiger partial charge in [-0.25, -0.2) is 4.79 Å². The van der Waals surface area contributed by atoms with Crippen LogP contribution < -0.4 is 5.32 Å². The summed E-state index contributed by atoms with van der Waals surface area (Å²) in [5.74, 6) is 0.480. The number of amides is 2. The van der Waals surface area contributed by atoms with Gasteiger partial charge < -0.3 is 20.1 Å². The first-order valence-corrected chi connectivity index (χ1v) is 8.85. The van der Waals surface area contributed by atoms with Gasteiger partial charge in [-0.3, -0.25) is 0 Å². The fraction of sp³-hybridized carbons (Fsp3) is 0.632. The summed E-state index contributed by atoms with van der Waals surface area (Å²) in [7, 11) is 0. The molecule has 1 aromatic rings. The number of hydrogen-bond donors (Lipinski definition) is 2. The quantitative estimate of drug-likeness (QED) is 0.841. The van der Waals surface area contributed by atoms with E-state index in [0.717, 1.165) is 12.0 Å². The van der Waals surface area contributed by atoms with Crippen LogP contribution in [0.15, 0.2) is 30.3 Å². The van der Waals surface area contributed by atoms with E-state index in [4.69, 9.17) is 4.74 Å². The highest BCUT2D eigenvalue weighted by Gasteiger charge is 2.29. The molecule has 3 unspecified atom stereocenters. The Kier molecular flexibility index (Phi) is 7.06. The monoisotopic (exact) mass is 334 g/mol. The molecule has 0 spiro atoms. The highest BCUT2D eigenvalue weighted by molar-refractivity contribution is 5.75. The Morgan fingerprint density at radius 2 is 2.04 bits per heavy atom. The highest BCUT2D eigenvalue weighted by Crippen LogP contribution is 2.22. The molecule has 0 aliphatic carbocycles. The van der Waals surface area contributed by atoms with Gasteiger partial charge in [-0.05, 0) is 31.2 Å². The van der Waals surface area contributed by atoms with Crippen molar-refractivity contribution >= 4 is 6.03 Å². The number of carbonyl (C=O) groups is 1. The van der Waals surface area contributed by atoms with E-state index in [2.05, 4.69) is 31.3 Å². The molecule has 1 aliphatic rings. The van der Waals surface area contributed by atoms with E-state index in [9.17, 15) is 9.90 Å². The summed E-state index contributed by atoms with van der Waals surface area (Å²) in [6.07, 6.45) is 0.974. The normalized spacial score (nSPS) is 20.7. The van der Waals surface area contributed by atoms with Crippen LogP contribution in [0.25, 0.3) is 0 Å². The Morgan fingerprint density at radius 3 is 2.67 bits per heavy atom. The lowest BCUT2D eigenvalue weighted by molar-refractivity contribution is -0.00494. The largest absolute Gasteiger partial charge is 0.393 e. The average Bonchev–Trinajstić information content (AvgIpc) is 2.54. The van der Waals surface area contributed by atoms with Gasteiger partial charge >= 0.3 is 6.03 Å². The number of rotatable bonds is 6. The smallest absolute Gasteiger partial charge is 0.318 e. The van der Waals surface area contributed by atoms with E-state index in [1.165, 1.54) is 0 Å². The van der Waals surface area contributed by atoms with E-state index in [0.29, 0.717) is 32.1 Å². The minimum atomic E-state index is -0.451. The van der Waals surface area contributed by atoms with Gasteiger partial charge in [-0.1, -0.05) is 44.2 Å². The topological polar surface area (TPSA) is 61.8 Å². The predicted molar refractivity (Wildman–Crippen MR) is 94.8 cm³/mol. The molecule has 5 nitrogen and oxygen atoms in total. The third-order valence-corrected chi connectivity index (χ3v) is 4.31. The third-order valence-electron chi connectivity index (χ3n) is 4.31. The van der Waals surface area contributed by atoms with E-state index in [1.54, 1.807) is 6.92 Å². The fourth-order valence-electron chi connectivity index (χ4n) is 3.18. The summed E-state index contributed by atoms with van der Waals surface area (Å²) in [5, 5.41) is 12.9. The number of urea groups is 1. The Labute approximate surface area is 145 Å². The van der Waals surface area contributed by atoms with Crippen LogP contribution in [-0.4, -0.2) is 47.9 Å². The minimum Gasteiger partial charge on any atom is -0.393 e. The van der Waals surface area contributed by atoms with Crippen molar-refractivity contribution in [3.63, 3.8) is 0 Å². The number of nitrogens with zero attached hydrogens (tertiary/aromatic N) is 1. The van der Waals surface area contributed by atoms with Crippen molar-refractivity contribution < 1.29 is 14.6 Å². The predicted octanol–water partition coefficient (Wildman–Crippen LogP) is 2.96. The van der Waals surface area contributed by atoms with Crippen LogP contribution in [-0.2, 0) is 4.74 Å². The maximum Gasteiger partial charge on any atom is 0.318 e. The van der Waals surface area contributed by atoms with Crippen LogP contribution in [0.4, 0.5) is 4.79 Å². The van der Waals surface area contributed by atoms with Crippen LogP contribution in [0.1, 0.15) is 45.2 Å². The molecule has 2 rings (SSSR count). The first kappa shape index (κ1) is 18.7. The van der Waals surface area contributed by atoms with Gasteiger partial charge in [0.15, 0.2) is 0 Å². The average molecular weight is 334 g/mol. The molecule has 3 atom stereocenters. The zero-order valence-corrected chi connectivity index (χ0v) is 14.9. The lowest BCUT2D eigenvalue weighted by atomic mass is 9.97. The molecule has 2 N–H and O–H groups in total. The zero-order chi connectivity index (χ0) is 17.5. The molecular weight excluding hydrogens is 304 g/mol. The number of hydrogen-bond acceptors (Lipinski definition) is 3. The van der Waals surface area contributed by atoms with Crippen LogP contribution in [0.3, 0.4) is 0 Å². The second-order valence-electron chi connectivity index (χ2n) is 7.05. The molecule has 0 radical (unpaired) electrons. The van der Waals surface area contributed by atoms with E-state index in [1.807, 2.05) is 23.1 Å². The Balaban J connectivity index is 2.08. The molecule has 0 aromatic heterocycles. The third kappa shape index (κ3) is 5.49. The number of morpholine rings is 1. The van der Waals surface area contributed by atoms with Crippen molar-refractivity contribution in [1.82, 2.24) is 10.2 Å². The summed E-state index contributed by atoms with van der Waals surface area (Å²) in [6.45, 7) is 7.66. The molecule has 1 fully saturated rings. The number of nitrogens with one attached hydrogen (secondary N) is 1. The van der Waals surface area contributed by atoms with Crippen LogP contribution in [0.2, 0.25) is 0 Å². The lowest BCUT2D eigenvalue weighted by Gasteiger charge is -2.37. The summed E-state index contributed by atoms with van der Waals surface area (Å²) < 4.78 is 5.48. The summed E-state index contributed by atoms with van der Waals surface area (Å²) >= 11 is 0. The van der Waals surface area contributed by atoms with Crippen molar-refractivity contribution in [2.24, 2.45) is 5.92 Å². The number of ether oxygens (including phenoxy) is 1. The summed E-state index contributed by atoms with van der Waals surface area (Å²) in [6, 6.07) is 9.94. The summed E-state index contributed by atoms with van der Waals surface area (Å²) in [5.41, 5.74) is 1.12. The molecule has 1 saturated heterocycles. The van der Waals surface area contributed by atoms with Crippen molar-refractivity contribution in [3.8, 4) is 0 Å². The number of benzene rings is 1. The molecular formula is C19H30N2O3. The Morgan fingerprint density at radius 1 is 1.33 bits per heavy atom. The summed E-state index contributed by atoms with van der Waals surface area (Å²) in [4.78, 5) is 14.6. The lowest BCUT2D eigenvalue weighted by Crippen LogP contribution is -2.53. The zero-order valence-electron chi connectivity index (χ0n) is 14.9. The van der Waals surface area contributed by atoms with Crippen molar-refractivity contribution in [1.29, 1.82) is 0 Å². The van der Waals surface area contributed by atoms with Crippen LogP contribution in [0.5, 0.6) is 0 Å². The SMILES string of the molecule is CC(C)CC(NC(=O)N1CCOCC1CC(C)O)c1ccccc1. The van der Waals surface area contributed by atoms with Gasteiger partial charge in [0.05, 0.1) is 31.4 Å². The molecule has 134 valence electrons.